The van der Waals surface area contributed by atoms with Crippen molar-refractivity contribution in [1.29, 1.82) is 0 Å². The maximum absolute atomic E-state index is 12.1. The molecule has 0 atom stereocenters. The van der Waals surface area contributed by atoms with Crippen molar-refractivity contribution < 1.29 is 4.42 Å². The molecule has 2 aromatic carbocycles. The van der Waals surface area contributed by atoms with Crippen molar-refractivity contribution in [3.8, 4) is 17.0 Å². The topological polar surface area (TPSA) is 35.1 Å². The highest BCUT2D eigenvalue weighted by Gasteiger charge is 2.17. The van der Waals surface area contributed by atoms with Gasteiger partial charge in [0.05, 0.1) is 5.69 Å². The average molecular weight is 330 g/mol. The highest BCUT2D eigenvalue weighted by atomic mass is 79.9. The van der Waals surface area contributed by atoms with Gasteiger partial charge in [0.1, 0.15) is 4.60 Å². The van der Waals surface area contributed by atoms with Crippen LogP contribution in [0.2, 0.25) is 0 Å². The van der Waals surface area contributed by atoms with Gasteiger partial charge < -0.3 is 4.42 Å². The Morgan fingerprint density at radius 2 is 1.65 bits per heavy atom. The summed E-state index contributed by atoms with van der Waals surface area (Å²) >= 11 is 3.46. The molecule has 20 heavy (non-hydrogen) atoms. The molecule has 4 heteroatoms. The number of para-hydroxylation sites is 1. The number of benzene rings is 2. The fourth-order valence-corrected chi connectivity index (χ4v) is 2.69. The highest BCUT2D eigenvalue weighted by molar-refractivity contribution is 9.10. The highest BCUT2D eigenvalue weighted by Crippen LogP contribution is 2.29. The summed E-state index contributed by atoms with van der Waals surface area (Å²) in [4.78, 5) is 12.1. The Labute approximate surface area is 124 Å². The second kappa shape index (κ2) is 5.13. The van der Waals surface area contributed by atoms with Gasteiger partial charge in [-0.25, -0.2) is 9.36 Å². The molecular formula is C16H12BrNO2. The lowest BCUT2D eigenvalue weighted by molar-refractivity contribution is 0.516. The van der Waals surface area contributed by atoms with Crippen LogP contribution in [0.1, 0.15) is 5.56 Å². The SMILES string of the molecule is Cc1ccc(-c2oc(=O)n(-c3ccccc3)c2Br)cc1. The first kappa shape index (κ1) is 12.9. The number of rotatable bonds is 2. The molecule has 0 aliphatic rings. The Morgan fingerprint density at radius 3 is 2.30 bits per heavy atom. The van der Waals surface area contributed by atoms with Crippen LogP contribution in [0.25, 0.3) is 17.0 Å². The van der Waals surface area contributed by atoms with E-state index < -0.39 is 5.76 Å². The predicted octanol–water partition coefficient (Wildman–Crippen LogP) is 4.17. The summed E-state index contributed by atoms with van der Waals surface area (Å²) in [5.41, 5.74) is 2.80. The van der Waals surface area contributed by atoms with Gasteiger partial charge in [0.2, 0.25) is 0 Å². The van der Waals surface area contributed by atoms with Crippen molar-refractivity contribution in [2.45, 2.75) is 6.92 Å². The molecule has 100 valence electrons. The molecule has 0 fully saturated rings. The zero-order valence-corrected chi connectivity index (χ0v) is 12.4. The summed E-state index contributed by atoms with van der Waals surface area (Å²) in [7, 11) is 0. The van der Waals surface area contributed by atoms with Gasteiger partial charge in [-0.1, -0.05) is 48.0 Å². The molecule has 0 aliphatic heterocycles. The van der Waals surface area contributed by atoms with E-state index >= 15 is 0 Å². The van der Waals surface area contributed by atoms with Crippen molar-refractivity contribution >= 4 is 15.9 Å². The molecule has 3 rings (SSSR count). The number of aromatic nitrogens is 1. The minimum atomic E-state index is -0.404. The van der Waals surface area contributed by atoms with Gasteiger partial charge in [-0.2, -0.15) is 0 Å². The van der Waals surface area contributed by atoms with Crippen LogP contribution in [0.5, 0.6) is 0 Å². The van der Waals surface area contributed by atoms with Crippen LogP contribution in [0.15, 0.2) is 68.4 Å². The second-order valence-electron chi connectivity index (χ2n) is 4.52. The molecule has 0 unspecified atom stereocenters. The van der Waals surface area contributed by atoms with Crippen molar-refractivity contribution in [2.75, 3.05) is 0 Å². The molecule has 1 heterocycles. The van der Waals surface area contributed by atoms with E-state index in [9.17, 15) is 4.79 Å². The van der Waals surface area contributed by atoms with E-state index in [1.54, 1.807) is 0 Å². The molecule has 0 N–H and O–H groups in total. The molecule has 0 saturated carbocycles. The second-order valence-corrected chi connectivity index (χ2v) is 5.28. The monoisotopic (exact) mass is 329 g/mol. The van der Waals surface area contributed by atoms with Gasteiger partial charge >= 0.3 is 5.76 Å². The molecular weight excluding hydrogens is 318 g/mol. The summed E-state index contributed by atoms with van der Waals surface area (Å²) in [6.45, 7) is 2.02. The minimum Gasteiger partial charge on any atom is -0.406 e. The van der Waals surface area contributed by atoms with Crippen LogP contribution in [0.3, 0.4) is 0 Å². The van der Waals surface area contributed by atoms with Gasteiger partial charge in [-0.3, -0.25) is 0 Å². The lowest BCUT2D eigenvalue weighted by Crippen LogP contribution is -2.11. The van der Waals surface area contributed by atoms with Crippen LogP contribution in [0.4, 0.5) is 0 Å². The number of hydrogen-bond acceptors (Lipinski definition) is 2. The van der Waals surface area contributed by atoms with E-state index in [-0.39, 0.29) is 0 Å². The van der Waals surface area contributed by atoms with Crippen molar-refractivity contribution in [3.63, 3.8) is 0 Å². The predicted molar refractivity (Wildman–Crippen MR) is 82.2 cm³/mol. The van der Waals surface area contributed by atoms with E-state index in [0.717, 1.165) is 16.8 Å². The molecule has 3 nitrogen and oxygen atoms in total. The van der Waals surface area contributed by atoms with Crippen LogP contribution < -0.4 is 5.76 Å². The Hall–Kier alpha value is -2.07. The van der Waals surface area contributed by atoms with E-state index in [1.807, 2.05) is 61.5 Å². The lowest BCUT2D eigenvalue weighted by atomic mass is 10.1. The van der Waals surface area contributed by atoms with Gasteiger partial charge in [0.15, 0.2) is 5.76 Å². The van der Waals surface area contributed by atoms with Crippen LogP contribution in [-0.4, -0.2) is 4.57 Å². The van der Waals surface area contributed by atoms with E-state index in [4.69, 9.17) is 4.42 Å². The lowest BCUT2D eigenvalue weighted by Gasteiger charge is -2.02. The molecule has 0 spiro atoms. The van der Waals surface area contributed by atoms with Gasteiger partial charge in [0, 0.05) is 5.56 Å². The van der Waals surface area contributed by atoms with Crippen molar-refractivity contribution in [3.05, 3.63) is 75.3 Å². The van der Waals surface area contributed by atoms with Crippen molar-refractivity contribution in [1.82, 2.24) is 4.57 Å². The average Bonchev–Trinajstić information content (AvgIpc) is 2.76. The quantitative estimate of drug-likeness (QED) is 0.707. The molecule has 1 aromatic heterocycles. The Morgan fingerprint density at radius 1 is 1.00 bits per heavy atom. The van der Waals surface area contributed by atoms with Crippen LogP contribution >= 0.6 is 15.9 Å². The molecule has 0 radical (unpaired) electrons. The smallest absolute Gasteiger partial charge is 0.406 e. The summed E-state index contributed by atoms with van der Waals surface area (Å²) in [6, 6.07) is 17.2. The first-order valence-electron chi connectivity index (χ1n) is 6.20. The van der Waals surface area contributed by atoms with Gasteiger partial charge in [-0.05, 0) is 35.0 Å². The zero-order valence-electron chi connectivity index (χ0n) is 10.8. The summed E-state index contributed by atoms with van der Waals surface area (Å²) in [6.07, 6.45) is 0. The van der Waals surface area contributed by atoms with E-state index in [0.29, 0.717) is 10.4 Å². The van der Waals surface area contributed by atoms with Crippen molar-refractivity contribution in [2.24, 2.45) is 0 Å². The Kier molecular flexibility index (Phi) is 3.32. The molecule has 0 aliphatic carbocycles. The Bertz CT molecular complexity index is 786. The molecule has 3 aromatic rings. The van der Waals surface area contributed by atoms with Gasteiger partial charge in [0.25, 0.3) is 0 Å². The zero-order chi connectivity index (χ0) is 14.1. The fourth-order valence-electron chi connectivity index (χ4n) is 2.04. The fraction of sp³-hybridized carbons (Fsp3) is 0.0625. The number of hydrogen-bond donors (Lipinski definition) is 0. The third kappa shape index (κ3) is 2.23. The van der Waals surface area contributed by atoms with Gasteiger partial charge in [-0.15, -0.1) is 0 Å². The van der Waals surface area contributed by atoms with E-state index in [2.05, 4.69) is 15.9 Å². The largest absolute Gasteiger partial charge is 0.425 e. The summed E-state index contributed by atoms with van der Waals surface area (Å²) < 4.78 is 7.52. The van der Waals surface area contributed by atoms with Crippen LogP contribution in [0, 0.1) is 6.92 Å². The summed E-state index contributed by atoms with van der Waals surface area (Å²) in [5, 5.41) is 0. The first-order valence-corrected chi connectivity index (χ1v) is 7.00. The molecule has 0 bridgehead atoms. The third-order valence-electron chi connectivity index (χ3n) is 3.08. The molecule has 0 saturated heterocycles. The Balaban J connectivity index is 2.17. The number of halogens is 1. The van der Waals surface area contributed by atoms with Crippen LogP contribution in [-0.2, 0) is 0 Å². The maximum atomic E-state index is 12.1. The number of oxazole rings is 1. The third-order valence-corrected chi connectivity index (χ3v) is 3.80. The maximum Gasteiger partial charge on any atom is 0.425 e. The minimum absolute atomic E-state index is 0.404. The number of nitrogens with zero attached hydrogens (tertiary/aromatic N) is 1. The van der Waals surface area contributed by atoms with E-state index in [1.165, 1.54) is 4.57 Å². The standard InChI is InChI=1S/C16H12BrNO2/c1-11-7-9-12(10-8-11)14-15(17)18(16(19)20-14)13-5-3-2-4-6-13/h2-10H,1H3. The first-order chi connectivity index (χ1) is 9.66. The molecule has 0 amide bonds. The summed E-state index contributed by atoms with van der Waals surface area (Å²) in [5.74, 6) is 0.137. The number of aryl methyl sites for hydroxylation is 1. The normalized spacial score (nSPS) is 10.7.